The average Bonchev–Trinajstić information content (AvgIpc) is 1.59. The van der Waals surface area contributed by atoms with Crippen LogP contribution in [-0.2, 0) is 51.4 Å². The Labute approximate surface area is 841 Å². The van der Waals surface area contributed by atoms with Gasteiger partial charge in [-0.2, -0.15) is 33.7 Å². The van der Waals surface area contributed by atoms with Crippen LogP contribution in [0.2, 0.25) is 5.02 Å². The number of halogens is 1. The lowest BCUT2D eigenvalue weighted by Crippen LogP contribution is -2.41. The van der Waals surface area contributed by atoms with Gasteiger partial charge in [0, 0.05) is 123 Å². The van der Waals surface area contributed by atoms with Gasteiger partial charge in [0.1, 0.15) is 52.1 Å². The zero-order valence-corrected chi connectivity index (χ0v) is 89.0. The second-order valence-corrected chi connectivity index (χ2v) is 48.8. The largest absolute Gasteiger partial charge is 0.444 e. The van der Waals surface area contributed by atoms with Crippen molar-refractivity contribution in [1.82, 2.24) is 58.8 Å². The van der Waals surface area contributed by atoms with Crippen LogP contribution in [0.4, 0.5) is 62.7 Å². The van der Waals surface area contributed by atoms with E-state index < -0.39 is 75.4 Å². The maximum atomic E-state index is 13.2. The van der Waals surface area contributed by atoms with E-state index >= 15 is 0 Å². The van der Waals surface area contributed by atoms with Crippen LogP contribution >= 0.6 is 11.6 Å². The van der Waals surface area contributed by atoms with E-state index in [9.17, 15) is 57.6 Å². The highest BCUT2D eigenvalue weighted by atomic mass is 35.5. The summed E-state index contributed by atoms with van der Waals surface area (Å²) in [6.45, 7) is 47.2. The van der Waals surface area contributed by atoms with Crippen LogP contribution in [0, 0.1) is 35.0 Å². The number of amides is 5. The molecule has 4 aliphatic rings. The zero-order valence-electron chi connectivity index (χ0n) is 85.0. The van der Waals surface area contributed by atoms with E-state index in [1.807, 2.05) is 37.1 Å². The SMILES string of the molecule is CC(C)CN(C)c1cccc(S(=O)(=O)NC(=O)c2cccnc2N2CC(C)CC2(C)C)n1.CC1CN(c2ncccc2C(=O)NS(=O)(=O)c2cccc(N(C)Cc3ccccc3Cl)n2)C(C)(C)C1.CC1CN(c2ncccc2C(=O)NS(=O)(=O)c2cccc(NC(C)C(C)(C)C)n2)C(C)(C)C1.CC1CN(c2ncccc2C(=O)NS(=O)(=O)c2cccc(Nc3ccc(NC(=O)OC(C)(C)C)cc3)n2)C(C)(C)C1. The molecule has 762 valence electrons. The Morgan fingerprint density at radius 2 is 0.732 bits per heavy atom. The molecule has 8 aromatic heterocycles. The van der Waals surface area contributed by atoms with E-state index in [-0.39, 0.29) is 81.8 Å². The van der Waals surface area contributed by atoms with Crippen LogP contribution in [0.15, 0.2) is 215 Å². The summed E-state index contributed by atoms with van der Waals surface area (Å²) < 4.78 is 119. The molecule has 10 aromatic rings. The molecule has 40 heteroatoms. The van der Waals surface area contributed by atoms with Gasteiger partial charge in [-0.15, -0.1) is 0 Å². The first-order valence-corrected chi connectivity index (χ1v) is 53.4. The Morgan fingerprint density at radius 1 is 0.415 bits per heavy atom. The van der Waals surface area contributed by atoms with Crippen molar-refractivity contribution in [2.45, 2.75) is 232 Å². The van der Waals surface area contributed by atoms with Gasteiger partial charge in [-0.25, -0.2) is 63.6 Å². The predicted molar refractivity (Wildman–Crippen MR) is 557 cm³/mol. The minimum atomic E-state index is -4.30. The smallest absolute Gasteiger partial charge is 0.412 e. The summed E-state index contributed by atoms with van der Waals surface area (Å²) in [6, 6.07) is 45.6. The molecule has 5 atom stereocenters. The number of nitrogens with zero attached hydrogens (tertiary/aromatic N) is 14. The highest BCUT2D eigenvalue weighted by Crippen LogP contribution is 2.43. The number of ether oxygens (including phenoxy) is 1. The van der Waals surface area contributed by atoms with Gasteiger partial charge in [-0.3, -0.25) is 24.5 Å². The van der Waals surface area contributed by atoms with Crippen LogP contribution in [0.3, 0.4) is 0 Å². The molecule has 2 aromatic carbocycles. The third-order valence-electron chi connectivity index (χ3n) is 24.6. The fraction of sp³-hybridized carbons (Fsp3) is 0.441. The highest BCUT2D eigenvalue weighted by molar-refractivity contribution is 7.91. The van der Waals surface area contributed by atoms with Gasteiger partial charge in [-0.1, -0.05) is 116 Å². The maximum Gasteiger partial charge on any atom is 0.412 e. The van der Waals surface area contributed by atoms with Gasteiger partial charge < -0.3 is 44.8 Å². The second-order valence-electron chi connectivity index (χ2n) is 41.8. The number of sulfonamides is 4. The highest BCUT2D eigenvalue weighted by Gasteiger charge is 2.44. The predicted octanol–water partition coefficient (Wildman–Crippen LogP) is 17.2. The van der Waals surface area contributed by atoms with Crippen LogP contribution in [-0.4, -0.2) is 184 Å². The Bertz CT molecular complexity index is 6710. The molecule has 7 N–H and O–H groups in total. The van der Waals surface area contributed by atoms with Crippen molar-refractivity contribution in [2.24, 2.45) is 35.0 Å². The van der Waals surface area contributed by atoms with E-state index in [1.54, 1.807) is 179 Å². The first kappa shape index (κ1) is 110. The first-order chi connectivity index (χ1) is 66.2. The molecule has 12 heterocycles. The van der Waals surface area contributed by atoms with Gasteiger partial charge in [0.2, 0.25) is 0 Å². The Morgan fingerprint density at radius 3 is 1.06 bits per heavy atom. The van der Waals surface area contributed by atoms with Crippen molar-refractivity contribution in [3.63, 3.8) is 0 Å². The lowest BCUT2D eigenvalue weighted by atomic mass is 9.88. The normalized spacial score (nSPS) is 17.7. The zero-order chi connectivity index (χ0) is 104. The number of anilines is 10. The molecule has 0 radical (unpaired) electrons. The maximum absolute atomic E-state index is 13.2. The van der Waals surface area contributed by atoms with E-state index in [1.165, 1.54) is 30.3 Å². The van der Waals surface area contributed by atoms with Gasteiger partial charge in [0.05, 0.1) is 22.3 Å². The number of benzene rings is 2. The monoisotopic (exact) mass is 2040 g/mol. The molecule has 0 saturated carbocycles. The van der Waals surface area contributed by atoms with Crippen LogP contribution in [0.25, 0.3) is 0 Å². The van der Waals surface area contributed by atoms with Gasteiger partial charge in [-0.05, 0) is 277 Å². The van der Waals surface area contributed by atoms with Gasteiger partial charge >= 0.3 is 6.09 Å². The standard InChI is InChI=1S/C29H36N6O5S.C26H30ClN5O3S.C24H35N5O3S.C23H33N5O3S/c1-19-17-29(5,6)35(18-19)25-22(9-8-16-30-25)26(36)34-41(38,39)24-11-7-10-23(33-24)31-20-12-14-21(15-13-20)32-27(37)40-28(2,3)4;1-18-15-26(2,3)32(16-18)24-20(10-8-14-28-24)25(33)30-36(34,35)23-13-7-12-22(29-23)31(4)17-19-9-5-6-11-21(19)27;1-16-14-24(6,7)29(15-16)21-18(10-9-13-25-21)22(30)28-33(31,32)20-12-8-11-19(27-20)26-17(2)23(3,4)5;1-16(2)14-27(6)19-10-7-11-20(25-19)32(30,31)26-22(29)18-9-8-12-24-21(18)28-15-17(3)13-23(28,4)5/h7-16,19H,17-18H2,1-6H3,(H,31,33)(H,32,37)(H,34,36);5-14,18H,15-17H2,1-4H3,(H,30,33);8-13,16-17H,14-15H2,1-7H3,(H,26,27)(H,28,30);7-12,16-17H,13-15H2,1-6H3,(H,26,29). The number of pyridine rings is 8. The molecule has 5 amide bonds. The van der Waals surface area contributed by atoms with Crippen molar-refractivity contribution in [2.75, 3.05) is 92.2 Å². The molecule has 4 fully saturated rings. The van der Waals surface area contributed by atoms with Crippen molar-refractivity contribution >= 4 is 139 Å². The molecular weight excluding hydrogens is 1910 g/mol. The summed E-state index contributed by atoms with van der Waals surface area (Å²) in [5.41, 5.74) is 1.38. The first-order valence-electron chi connectivity index (χ1n) is 47.1. The van der Waals surface area contributed by atoms with Gasteiger partial charge in [0.25, 0.3) is 63.7 Å². The van der Waals surface area contributed by atoms with E-state index in [0.717, 1.165) is 57.4 Å². The Hall–Kier alpha value is -12.7. The number of carbonyl (C=O) groups excluding carboxylic acids is 5. The summed E-state index contributed by atoms with van der Waals surface area (Å²) in [6.07, 6.45) is 9.66. The molecule has 0 bridgehead atoms. The number of hydrogen-bond donors (Lipinski definition) is 7. The molecular formula is C102H134ClN21O14S4. The van der Waals surface area contributed by atoms with E-state index in [2.05, 4.69) is 212 Å². The molecule has 35 nitrogen and oxygen atoms in total. The summed E-state index contributed by atoms with van der Waals surface area (Å²) in [5.74, 6) is 2.69. The second kappa shape index (κ2) is 44.4. The third-order valence-corrected chi connectivity index (χ3v) is 29.9. The molecule has 4 aliphatic heterocycles. The van der Waals surface area contributed by atoms with Crippen molar-refractivity contribution in [3.05, 3.63) is 227 Å². The number of nitrogens with one attached hydrogen (secondary N) is 7. The van der Waals surface area contributed by atoms with Crippen molar-refractivity contribution < 1.29 is 62.4 Å². The summed E-state index contributed by atoms with van der Waals surface area (Å²) in [4.78, 5) is 111. The fourth-order valence-electron chi connectivity index (χ4n) is 18.0. The average molecular weight is 2040 g/mol. The number of rotatable bonds is 27. The molecule has 5 unspecified atom stereocenters. The minimum Gasteiger partial charge on any atom is -0.444 e. The van der Waals surface area contributed by atoms with Crippen LogP contribution < -0.4 is 64.2 Å². The van der Waals surface area contributed by atoms with Crippen LogP contribution in [0.1, 0.15) is 218 Å². The molecule has 14 rings (SSSR count). The number of carbonyl (C=O) groups is 5. The minimum absolute atomic E-state index is 0.0394. The fourth-order valence-corrected chi connectivity index (χ4v) is 21.9. The molecule has 142 heavy (non-hydrogen) atoms. The molecule has 0 spiro atoms. The Kier molecular flexibility index (Phi) is 34.3. The van der Waals surface area contributed by atoms with Gasteiger partial charge in [0.15, 0.2) is 20.1 Å². The van der Waals surface area contributed by atoms with Crippen molar-refractivity contribution in [1.29, 1.82) is 0 Å². The number of aromatic nitrogens is 8. The topological polar surface area (TPSA) is 438 Å². The third kappa shape index (κ3) is 28.4. The number of hydrogen-bond acceptors (Lipinski definition) is 30. The van der Waals surface area contributed by atoms with Crippen molar-refractivity contribution in [3.8, 4) is 0 Å². The summed E-state index contributed by atoms with van der Waals surface area (Å²) >= 11 is 6.26. The van der Waals surface area contributed by atoms with E-state index in [4.69, 9.17) is 16.3 Å². The van der Waals surface area contributed by atoms with Crippen LogP contribution in [0.5, 0.6) is 0 Å². The lowest BCUT2D eigenvalue weighted by molar-refractivity contribution is 0.0634. The summed E-state index contributed by atoms with van der Waals surface area (Å²) in [7, 11) is -13.2. The lowest BCUT2D eigenvalue weighted by Gasteiger charge is -2.33. The quantitative estimate of drug-likeness (QED) is 0.0251. The summed E-state index contributed by atoms with van der Waals surface area (Å²) in [5, 5.41) is 8.54. The van der Waals surface area contributed by atoms with E-state index in [0.29, 0.717) is 99.8 Å². The molecule has 4 saturated heterocycles. The molecule has 0 aliphatic carbocycles. The Balaban J connectivity index is 0.000000182.